The van der Waals surface area contributed by atoms with E-state index in [-0.39, 0.29) is 12.0 Å². The second-order valence-electron chi connectivity index (χ2n) is 3.51. The average Bonchev–Trinajstić information content (AvgIpc) is 2.26. The molecule has 1 aliphatic heterocycles. The number of esters is 1. The highest BCUT2D eigenvalue weighted by molar-refractivity contribution is 5.76. The standard InChI is InChI=1S/C10H19NO3/c1-3-11-9(10(12)13-2)8-4-6-14-7-5-8/h8-9,11H,3-7H2,1-2H3. The summed E-state index contributed by atoms with van der Waals surface area (Å²) >= 11 is 0. The van der Waals surface area contributed by atoms with Crippen molar-refractivity contribution in [3.05, 3.63) is 0 Å². The SMILES string of the molecule is CCNC(C(=O)OC)C1CCOCC1. The zero-order valence-electron chi connectivity index (χ0n) is 8.91. The van der Waals surface area contributed by atoms with Crippen molar-refractivity contribution in [1.82, 2.24) is 5.32 Å². The van der Waals surface area contributed by atoms with Gasteiger partial charge >= 0.3 is 5.97 Å². The van der Waals surface area contributed by atoms with Crippen molar-refractivity contribution in [1.29, 1.82) is 0 Å². The van der Waals surface area contributed by atoms with Crippen molar-refractivity contribution in [2.24, 2.45) is 5.92 Å². The van der Waals surface area contributed by atoms with E-state index in [4.69, 9.17) is 9.47 Å². The molecule has 1 fully saturated rings. The van der Waals surface area contributed by atoms with Gasteiger partial charge in [-0.2, -0.15) is 0 Å². The number of carbonyl (C=O) groups excluding carboxylic acids is 1. The van der Waals surface area contributed by atoms with Gasteiger partial charge in [0.05, 0.1) is 7.11 Å². The fraction of sp³-hybridized carbons (Fsp3) is 0.900. The normalized spacial score (nSPS) is 20.4. The summed E-state index contributed by atoms with van der Waals surface area (Å²) in [6.45, 7) is 4.29. The Bertz CT molecular complexity index is 178. The molecule has 1 unspecified atom stereocenters. The third-order valence-corrected chi connectivity index (χ3v) is 2.62. The van der Waals surface area contributed by atoms with E-state index in [0.29, 0.717) is 5.92 Å². The molecule has 1 atom stereocenters. The minimum absolute atomic E-state index is 0.154. The van der Waals surface area contributed by atoms with Gasteiger partial charge in [-0.15, -0.1) is 0 Å². The quantitative estimate of drug-likeness (QED) is 0.675. The molecule has 4 heteroatoms. The fourth-order valence-corrected chi connectivity index (χ4v) is 1.84. The van der Waals surface area contributed by atoms with Crippen LogP contribution in [0.25, 0.3) is 0 Å². The minimum atomic E-state index is -0.158. The summed E-state index contributed by atoms with van der Waals surface area (Å²) in [5.74, 6) is 0.204. The third kappa shape index (κ3) is 2.96. The molecule has 0 amide bonds. The number of methoxy groups -OCH3 is 1. The van der Waals surface area contributed by atoms with E-state index in [2.05, 4.69) is 5.32 Å². The van der Waals surface area contributed by atoms with Crippen molar-refractivity contribution in [3.63, 3.8) is 0 Å². The lowest BCUT2D eigenvalue weighted by atomic mass is 9.92. The summed E-state index contributed by atoms with van der Waals surface area (Å²) in [5, 5.41) is 3.17. The van der Waals surface area contributed by atoms with Crippen molar-refractivity contribution in [3.8, 4) is 0 Å². The molecule has 1 N–H and O–H groups in total. The van der Waals surface area contributed by atoms with E-state index in [1.165, 1.54) is 7.11 Å². The van der Waals surface area contributed by atoms with E-state index in [0.717, 1.165) is 32.6 Å². The van der Waals surface area contributed by atoms with Gasteiger partial charge in [0.1, 0.15) is 6.04 Å². The molecule has 4 nitrogen and oxygen atoms in total. The summed E-state index contributed by atoms with van der Waals surface area (Å²) < 4.78 is 10.0. The van der Waals surface area contributed by atoms with Gasteiger partial charge in [-0.3, -0.25) is 4.79 Å². The van der Waals surface area contributed by atoms with Crippen LogP contribution in [-0.2, 0) is 14.3 Å². The van der Waals surface area contributed by atoms with Crippen molar-refractivity contribution >= 4 is 5.97 Å². The zero-order valence-corrected chi connectivity index (χ0v) is 8.91. The zero-order chi connectivity index (χ0) is 10.4. The first-order chi connectivity index (χ1) is 6.79. The molecule has 82 valence electrons. The number of ether oxygens (including phenoxy) is 2. The van der Waals surface area contributed by atoms with Gasteiger partial charge in [-0.25, -0.2) is 0 Å². The molecule has 0 radical (unpaired) electrons. The average molecular weight is 201 g/mol. The number of carbonyl (C=O) groups is 1. The van der Waals surface area contributed by atoms with Crippen LogP contribution in [0.4, 0.5) is 0 Å². The largest absolute Gasteiger partial charge is 0.468 e. The minimum Gasteiger partial charge on any atom is -0.468 e. The molecule has 0 aromatic heterocycles. The maximum absolute atomic E-state index is 11.5. The van der Waals surface area contributed by atoms with Crippen LogP contribution in [0.5, 0.6) is 0 Å². The molecule has 14 heavy (non-hydrogen) atoms. The Hall–Kier alpha value is -0.610. The molecule has 0 spiro atoms. The molecular formula is C10H19NO3. The van der Waals surface area contributed by atoms with E-state index in [1.807, 2.05) is 6.92 Å². The first-order valence-corrected chi connectivity index (χ1v) is 5.18. The maximum atomic E-state index is 11.5. The van der Waals surface area contributed by atoms with E-state index >= 15 is 0 Å². The van der Waals surface area contributed by atoms with Gasteiger partial charge in [-0.05, 0) is 25.3 Å². The van der Waals surface area contributed by atoms with Gasteiger partial charge in [0.15, 0.2) is 0 Å². The van der Waals surface area contributed by atoms with Crippen LogP contribution >= 0.6 is 0 Å². The molecular weight excluding hydrogens is 182 g/mol. The predicted molar refractivity (Wildman–Crippen MR) is 53.0 cm³/mol. The Morgan fingerprint density at radius 2 is 2.21 bits per heavy atom. The second-order valence-corrected chi connectivity index (χ2v) is 3.51. The smallest absolute Gasteiger partial charge is 0.323 e. The van der Waals surface area contributed by atoms with Crippen LogP contribution in [0.2, 0.25) is 0 Å². The van der Waals surface area contributed by atoms with Gasteiger partial charge in [0.25, 0.3) is 0 Å². The highest BCUT2D eigenvalue weighted by Crippen LogP contribution is 2.19. The number of hydrogen-bond donors (Lipinski definition) is 1. The lowest BCUT2D eigenvalue weighted by Gasteiger charge is -2.28. The summed E-state index contributed by atoms with van der Waals surface area (Å²) in [4.78, 5) is 11.5. The topological polar surface area (TPSA) is 47.6 Å². The first kappa shape index (κ1) is 11.5. The number of nitrogens with one attached hydrogen (secondary N) is 1. The highest BCUT2D eigenvalue weighted by Gasteiger charge is 2.29. The first-order valence-electron chi connectivity index (χ1n) is 5.18. The van der Waals surface area contributed by atoms with Crippen LogP contribution in [-0.4, -0.2) is 38.9 Å². The van der Waals surface area contributed by atoms with Gasteiger partial charge in [0, 0.05) is 13.2 Å². The summed E-state index contributed by atoms with van der Waals surface area (Å²) in [5.41, 5.74) is 0. The molecule has 0 bridgehead atoms. The lowest BCUT2D eigenvalue weighted by Crippen LogP contribution is -2.45. The Kier molecular flexibility index (Phi) is 4.90. The molecule has 1 rings (SSSR count). The summed E-state index contributed by atoms with van der Waals surface area (Å²) in [6.07, 6.45) is 1.87. The monoisotopic (exact) mass is 201 g/mol. The number of hydrogen-bond acceptors (Lipinski definition) is 4. The van der Waals surface area contributed by atoms with Gasteiger partial charge < -0.3 is 14.8 Å². The predicted octanol–water partition coefficient (Wildman–Crippen LogP) is 0.564. The van der Waals surface area contributed by atoms with Gasteiger partial charge in [0.2, 0.25) is 0 Å². The Balaban J connectivity index is 2.50. The van der Waals surface area contributed by atoms with E-state index in [9.17, 15) is 4.79 Å². The molecule has 1 aliphatic rings. The van der Waals surface area contributed by atoms with Crippen molar-refractivity contribution < 1.29 is 14.3 Å². The van der Waals surface area contributed by atoms with Crippen molar-refractivity contribution in [2.75, 3.05) is 26.9 Å². The van der Waals surface area contributed by atoms with Crippen LogP contribution in [0, 0.1) is 5.92 Å². The summed E-state index contributed by atoms with van der Waals surface area (Å²) in [7, 11) is 1.44. The number of rotatable bonds is 4. The molecule has 0 aromatic rings. The van der Waals surface area contributed by atoms with E-state index in [1.54, 1.807) is 0 Å². The third-order valence-electron chi connectivity index (χ3n) is 2.62. The van der Waals surface area contributed by atoms with Crippen molar-refractivity contribution in [2.45, 2.75) is 25.8 Å². The van der Waals surface area contributed by atoms with Crippen LogP contribution in [0.15, 0.2) is 0 Å². The maximum Gasteiger partial charge on any atom is 0.323 e. The Morgan fingerprint density at radius 1 is 1.57 bits per heavy atom. The molecule has 0 aromatic carbocycles. The van der Waals surface area contributed by atoms with E-state index < -0.39 is 0 Å². The number of likely N-dealkylation sites (N-methyl/N-ethyl adjacent to an activating group) is 1. The van der Waals surface area contributed by atoms with Gasteiger partial charge in [-0.1, -0.05) is 6.92 Å². The van der Waals surface area contributed by atoms with Crippen LogP contribution in [0.1, 0.15) is 19.8 Å². The highest BCUT2D eigenvalue weighted by atomic mass is 16.5. The lowest BCUT2D eigenvalue weighted by molar-refractivity contribution is -0.145. The molecule has 1 heterocycles. The second kappa shape index (κ2) is 5.98. The molecule has 1 saturated heterocycles. The summed E-state index contributed by atoms with van der Waals surface area (Å²) in [6, 6.07) is -0.158. The van der Waals surface area contributed by atoms with Crippen LogP contribution < -0.4 is 5.32 Å². The molecule has 0 saturated carbocycles. The Morgan fingerprint density at radius 3 is 2.71 bits per heavy atom. The molecule has 0 aliphatic carbocycles. The fourth-order valence-electron chi connectivity index (χ4n) is 1.84. The van der Waals surface area contributed by atoms with Crippen LogP contribution in [0.3, 0.4) is 0 Å². The Labute approximate surface area is 85.0 Å².